The SMILES string of the molecule is COC(=O)CCCN(C)C(=O)C1CCCC1N. The van der Waals surface area contributed by atoms with Gasteiger partial charge in [0, 0.05) is 26.1 Å². The molecule has 0 aromatic carbocycles. The summed E-state index contributed by atoms with van der Waals surface area (Å²) in [6.07, 6.45) is 3.85. The number of amides is 1. The van der Waals surface area contributed by atoms with Crippen molar-refractivity contribution in [2.45, 2.75) is 38.1 Å². The van der Waals surface area contributed by atoms with Crippen molar-refractivity contribution in [3.63, 3.8) is 0 Å². The van der Waals surface area contributed by atoms with Crippen LogP contribution in [-0.2, 0) is 14.3 Å². The molecular formula is C12H22N2O3. The average Bonchev–Trinajstić information content (AvgIpc) is 2.74. The third-order valence-electron chi connectivity index (χ3n) is 3.36. The Morgan fingerprint density at radius 3 is 2.65 bits per heavy atom. The quantitative estimate of drug-likeness (QED) is 0.714. The topological polar surface area (TPSA) is 72.6 Å². The molecule has 2 unspecified atom stereocenters. The maximum atomic E-state index is 12.0. The summed E-state index contributed by atoms with van der Waals surface area (Å²) < 4.78 is 4.55. The van der Waals surface area contributed by atoms with Gasteiger partial charge in [-0.3, -0.25) is 9.59 Å². The molecule has 0 bridgehead atoms. The van der Waals surface area contributed by atoms with Crippen molar-refractivity contribution in [3.05, 3.63) is 0 Å². The Bertz CT molecular complexity index is 281. The number of carbonyl (C=O) groups excluding carboxylic acids is 2. The zero-order valence-corrected chi connectivity index (χ0v) is 10.6. The molecule has 0 aromatic heterocycles. The molecule has 17 heavy (non-hydrogen) atoms. The largest absolute Gasteiger partial charge is 0.469 e. The average molecular weight is 242 g/mol. The van der Waals surface area contributed by atoms with Crippen LogP contribution in [0.1, 0.15) is 32.1 Å². The van der Waals surface area contributed by atoms with E-state index in [4.69, 9.17) is 5.73 Å². The van der Waals surface area contributed by atoms with Gasteiger partial charge < -0.3 is 15.4 Å². The molecule has 0 spiro atoms. The van der Waals surface area contributed by atoms with Crippen LogP contribution in [0, 0.1) is 5.92 Å². The Labute approximate surface area is 102 Å². The second-order valence-electron chi connectivity index (χ2n) is 4.64. The zero-order valence-electron chi connectivity index (χ0n) is 10.6. The van der Waals surface area contributed by atoms with Gasteiger partial charge in [0.15, 0.2) is 0 Å². The van der Waals surface area contributed by atoms with E-state index in [1.807, 2.05) is 0 Å². The van der Waals surface area contributed by atoms with Crippen LogP contribution < -0.4 is 5.73 Å². The number of nitrogens with two attached hydrogens (primary N) is 1. The Kier molecular flexibility index (Phi) is 5.41. The first-order chi connectivity index (χ1) is 8.06. The van der Waals surface area contributed by atoms with Crippen molar-refractivity contribution in [1.29, 1.82) is 0 Å². The molecule has 1 saturated carbocycles. The van der Waals surface area contributed by atoms with Crippen LogP contribution >= 0.6 is 0 Å². The third kappa shape index (κ3) is 4.00. The summed E-state index contributed by atoms with van der Waals surface area (Å²) in [4.78, 5) is 24.6. The molecule has 5 heteroatoms. The van der Waals surface area contributed by atoms with E-state index in [-0.39, 0.29) is 23.8 Å². The van der Waals surface area contributed by atoms with Gasteiger partial charge in [-0.2, -0.15) is 0 Å². The summed E-state index contributed by atoms with van der Waals surface area (Å²) in [6, 6.07) is 0.00515. The van der Waals surface area contributed by atoms with Gasteiger partial charge in [-0.25, -0.2) is 0 Å². The van der Waals surface area contributed by atoms with Crippen LogP contribution in [0.25, 0.3) is 0 Å². The molecule has 2 atom stereocenters. The monoisotopic (exact) mass is 242 g/mol. The molecule has 1 aliphatic rings. The lowest BCUT2D eigenvalue weighted by Gasteiger charge is -2.23. The molecule has 1 rings (SSSR count). The van der Waals surface area contributed by atoms with Gasteiger partial charge in [-0.1, -0.05) is 6.42 Å². The van der Waals surface area contributed by atoms with Gasteiger partial charge in [0.1, 0.15) is 0 Å². The number of ether oxygens (including phenoxy) is 1. The van der Waals surface area contributed by atoms with Crippen LogP contribution in [-0.4, -0.2) is 43.5 Å². The highest BCUT2D eigenvalue weighted by Gasteiger charge is 2.31. The number of rotatable bonds is 5. The number of methoxy groups -OCH3 is 1. The summed E-state index contributed by atoms with van der Waals surface area (Å²) in [5.74, 6) is -0.151. The number of hydrogen-bond acceptors (Lipinski definition) is 4. The second kappa shape index (κ2) is 6.59. The Morgan fingerprint density at radius 1 is 1.41 bits per heavy atom. The molecule has 1 amide bonds. The van der Waals surface area contributed by atoms with Crippen LogP contribution in [0.5, 0.6) is 0 Å². The molecule has 98 valence electrons. The van der Waals surface area contributed by atoms with Crippen molar-refractivity contribution >= 4 is 11.9 Å². The number of hydrogen-bond donors (Lipinski definition) is 1. The van der Waals surface area contributed by atoms with Crippen molar-refractivity contribution in [2.24, 2.45) is 11.7 Å². The lowest BCUT2D eigenvalue weighted by molar-refractivity contribution is -0.141. The van der Waals surface area contributed by atoms with Gasteiger partial charge in [-0.15, -0.1) is 0 Å². The van der Waals surface area contributed by atoms with E-state index in [1.165, 1.54) is 7.11 Å². The van der Waals surface area contributed by atoms with Crippen LogP contribution in [0.4, 0.5) is 0 Å². The van der Waals surface area contributed by atoms with Crippen LogP contribution in [0.15, 0.2) is 0 Å². The van der Waals surface area contributed by atoms with Gasteiger partial charge in [0.2, 0.25) is 5.91 Å². The maximum absolute atomic E-state index is 12.0. The normalized spacial score (nSPS) is 23.5. The minimum absolute atomic E-state index is 0.00515. The van der Waals surface area contributed by atoms with Gasteiger partial charge >= 0.3 is 5.97 Å². The number of esters is 1. The van der Waals surface area contributed by atoms with Crippen molar-refractivity contribution in [2.75, 3.05) is 20.7 Å². The summed E-state index contributed by atoms with van der Waals surface area (Å²) in [5, 5.41) is 0. The summed E-state index contributed by atoms with van der Waals surface area (Å²) in [6.45, 7) is 0.581. The van der Waals surface area contributed by atoms with E-state index < -0.39 is 0 Å². The van der Waals surface area contributed by atoms with E-state index in [9.17, 15) is 9.59 Å². The molecular weight excluding hydrogens is 220 g/mol. The molecule has 0 radical (unpaired) electrons. The first kappa shape index (κ1) is 14.0. The number of carbonyl (C=O) groups is 2. The maximum Gasteiger partial charge on any atom is 0.305 e. The first-order valence-corrected chi connectivity index (χ1v) is 6.13. The predicted molar refractivity (Wildman–Crippen MR) is 64.2 cm³/mol. The highest BCUT2D eigenvalue weighted by atomic mass is 16.5. The molecule has 5 nitrogen and oxygen atoms in total. The van der Waals surface area contributed by atoms with Gasteiger partial charge in [0.05, 0.1) is 13.0 Å². The van der Waals surface area contributed by atoms with E-state index in [0.717, 1.165) is 19.3 Å². The molecule has 0 saturated heterocycles. The summed E-state index contributed by atoms with van der Waals surface area (Å²) in [7, 11) is 3.14. The fourth-order valence-corrected chi connectivity index (χ4v) is 2.25. The lowest BCUT2D eigenvalue weighted by atomic mass is 10.0. The summed E-state index contributed by atoms with van der Waals surface area (Å²) >= 11 is 0. The highest BCUT2D eigenvalue weighted by molar-refractivity contribution is 5.79. The first-order valence-electron chi connectivity index (χ1n) is 6.13. The van der Waals surface area contributed by atoms with E-state index >= 15 is 0 Å². The Morgan fingerprint density at radius 2 is 2.12 bits per heavy atom. The van der Waals surface area contributed by atoms with Gasteiger partial charge in [-0.05, 0) is 19.3 Å². The predicted octanol–water partition coefficient (Wildman–Crippen LogP) is 0.525. The molecule has 1 fully saturated rings. The van der Waals surface area contributed by atoms with Crippen molar-refractivity contribution in [3.8, 4) is 0 Å². The fraction of sp³-hybridized carbons (Fsp3) is 0.833. The molecule has 0 aliphatic heterocycles. The minimum atomic E-state index is -0.233. The molecule has 0 aromatic rings. The third-order valence-corrected chi connectivity index (χ3v) is 3.36. The van der Waals surface area contributed by atoms with Crippen molar-refractivity contribution < 1.29 is 14.3 Å². The Balaban J connectivity index is 2.29. The molecule has 2 N–H and O–H groups in total. The fourth-order valence-electron chi connectivity index (χ4n) is 2.25. The summed E-state index contributed by atoms with van der Waals surface area (Å²) in [5.41, 5.74) is 5.89. The highest BCUT2D eigenvalue weighted by Crippen LogP contribution is 2.25. The Hall–Kier alpha value is -1.10. The number of nitrogens with zero attached hydrogens (tertiary/aromatic N) is 1. The second-order valence-corrected chi connectivity index (χ2v) is 4.64. The standard InChI is InChI=1S/C12H22N2O3/c1-14(8-4-7-11(15)17-2)12(16)9-5-3-6-10(9)13/h9-10H,3-8,13H2,1-2H3. The zero-order chi connectivity index (χ0) is 12.8. The van der Waals surface area contributed by atoms with Crippen LogP contribution in [0.2, 0.25) is 0 Å². The van der Waals surface area contributed by atoms with Gasteiger partial charge in [0.25, 0.3) is 0 Å². The smallest absolute Gasteiger partial charge is 0.305 e. The molecule has 0 heterocycles. The van der Waals surface area contributed by atoms with E-state index in [1.54, 1.807) is 11.9 Å². The van der Waals surface area contributed by atoms with E-state index in [0.29, 0.717) is 19.4 Å². The minimum Gasteiger partial charge on any atom is -0.469 e. The van der Waals surface area contributed by atoms with Crippen molar-refractivity contribution in [1.82, 2.24) is 4.90 Å². The molecule has 1 aliphatic carbocycles. The van der Waals surface area contributed by atoms with E-state index in [2.05, 4.69) is 4.74 Å². The lowest BCUT2D eigenvalue weighted by Crippen LogP contribution is -2.40. The van der Waals surface area contributed by atoms with Crippen LogP contribution in [0.3, 0.4) is 0 Å².